The van der Waals surface area contributed by atoms with E-state index in [0.29, 0.717) is 12.0 Å². The first kappa shape index (κ1) is 46.2. The van der Waals surface area contributed by atoms with Crippen LogP contribution in [0.25, 0.3) is 0 Å². The molecule has 0 radical (unpaired) electrons. The standard InChI is InChI=1S/C33H52N10O11/c1-3-18(2)27(43-30(51)21(11-12-26(47)48)39-24(45)15-34)31(52)41-20(10-7-13-37-33(35)36)29(50)42-22(14-19-8-5-4-6-9-19)28(49)38-16-25(46)40-23(17-44)32(53)54/h4-6,8-9,18,20-23,27,44H,3,7,10-17,34H2,1-2H3,(H,38,49)(H,39,45)(H,40,46)(H,41,52)(H,42,50)(H,43,51)(H,47,48)(H,53,54)(H4,35,36,37)/t18-,20-,21-,22-,23-,27-/m0/s1. The van der Waals surface area contributed by atoms with E-state index in [2.05, 4.69) is 31.6 Å². The molecule has 1 aromatic rings. The Morgan fingerprint density at radius 3 is 1.91 bits per heavy atom. The molecule has 0 saturated carbocycles. The summed E-state index contributed by atoms with van der Waals surface area (Å²) in [6, 6.07) is 1.64. The molecule has 0 bridgehead atoms. The number of aliphatic hydroxyl groups excluding tert-OH is 1. The SMILES string of the molecule is CC[C@H](C)[C@H](NC(=O)[C@H](CCC(=O)O)NC(=O)CN)C(=O)N[C@@H](CCCN=C(N)N)C(=O)N[C@@H](Cc1ccccc1)C(=O)NCC(=O)N[C@@H](CO)C(=O)O. The molecule has 6 atom stereocenters. The fourth-order valence-corrected chi connectivity index (χ4v) is 4.83. The molecule has 0 aliphatic rings. The number of aliphatic hydroxyl groups is 1. The Labute approximate surface area is 311 Å². The lowest BCUT2D eigenvalue weighted by molar-refractivity contribution is -0.143. The third-order valence-corrected chi connectivity index (χ3v) is 8.01. The Kier molecular flexibility index (Phi) is 20.9. The average Bonchev–Trinajstić information content (AvgIpc) is 3.13. The topological polar surface area (TPSA) is 360 Å². The number of hydrogen-bond donors (Lipinski definition) is 12. The molecule has 0 spiro atoms. The van der Waals surface area contributed by atoms with Gasteiger partial charge in [-0.1, -0.05) is 50.6 Å². The summed E-state index contributed by atoms with van der Waals surface area (Å²) in [5.74, 6) is -8.44. The fourth-order valence-electron chi connectivity index (χ4n) is 4.83. The monoisotopic (exact) mass is 764 g/mol. The number of carboxylic acids is 2. The van der Waals surface area contributed by atoms with Crippen molar-refractivity contribution in [2.75, 3.05) is 26.2 Å². The molecule has 1 aromatic carbocycles. The summed E-state index contributed by atoms with van der Waals surface area (Å²) in [6.45, 7) is 1.39. The lowest BCUT2D eigenvalue weighted by atomic mass is 9.96. The van der Waals surface area contributed by atoms with Crippen molar-refractivity contribution in [1.29, 1.82) is 0 Å². The second-order valence-electron chi connectivity index (χ2n) is 12.2. The summed E-state index contributed by atoms with van der Waals surface area (Å²) in [4.78, 5) is 105. The number of guanidine groups is 1. The molecule has 0 fully saturated rings. The van der Waals surface area contributed by atoms with Crippen LogP contribution in [0.5, 0.6) is 0 Å². The first-order valence-corrected chi connectivity index (χ1v) is 17.1. The van der Waals surface area contributed by atoms with Gasteiger partial charge in [0.2, 0.25) is 35.4 Å². The first-order chi connectivity index (χ1) is 25.5. The van der Waals surface area contributed by atoms with Crippen LogP contribution in [0.2, 0.25) is 0 Å². The van der Waals surface area contributed by atoms with Gasteiger partial charge in [-0.15, -0.1) is 0 Å². The van der Waals surface area contributed by atoms with Crippen molar-refractivity contribution in [1.82, 2.24) is 31.9 Å². The summed E-state index contributed by atoms with van der Waals surface area (Å²) >= 11 is 0. The van der Waals surface area contributed by atoms with Crippen LogP contribution in [0.4, 0.5) is 0 Å². The fraction of sp³-hybridized carbons (Fsp3) is 0.545. The summed E-state index contributed by atoms with van der Waals surface area (Å²) in [7, 11) is 0. The van der Waals surface area contributed by atoms with Gasteiger partial charge < -0.3 is 64.4 Å². The maximum Gasteiger partial charge on any atom is 0.328 e. The molecule has 0 aliphatic carbocycles. The molecule has 15 N–H and O–H groups in total. The van der Waals surface area contributed by atoms with E-state index in [9.17, 15) is 43.5 Å². The van der Waals surface area contributed by atoms with Crippen LogP contribution >= 0.6 is 0 Å². The highest BCUT2D eigenvalue weighted by molar-refractivity contribution is 5.96. The molecular weight excluding hydrogens is 712 g/mol. The Balaban J connectivity index is 3.35. The number of carbonyl (C=O) groups is 8. The number of amides is 6. The molecule has 300 valence electrons. The van der Waals surface area contributed by atoms with Crippen LogP contribution < -0.4 is 49.1 Å². The van der Waals surface area contributed by atoms with E-state index in [1.807, 2.05) is 5.32 Å². The van der Waals surface area contributed by atoms with Gasteiger partial charge in [-0.3, -0.25) is 38.6 Å². The van der Waals surface area contributed by atoms with E-state index >= 15 is 0 Å². The second kappa shape index (κ2) is 24.4. The third kappa shape index (κ3) is 17.6. The number of benzene rings is 1. The van der Waals surface area contributed by atoms with E-state index < -0.39 is 110 Å². The van der Waals surface area contributed by atoms with Crippen molar-refractivity contribution in [3.8, 4) is 0 Å². The molecule has 0 heterocycles. The minimum absolute atomic E-state index is 0.0524. The van der Waals surface area contributed by atoms with Crippen LogP contribution in [-0.2, 0) is 44.8 Å². The highest BCUT2D eigenvalue weighted by Crippen LogP contribution is 2.12. The molecule has 0 aromatic heterocycles. The van der Waals surface area contributed by atoms with E-state index in [-0.39, 0.29) is 38.2 Å². The molecule has 0 aliphatic heterocycles. The van der Waals surface area contributed by atoms with Gasteiger partial charge in [-0.05, 0) is 30.7 Å². The van der Waals surface area contributed by atoms with Gasteiger partial charge in [0, 0.05) is 19.4 Å². The Hall–Kier alpha value is -5.83. The molecule has 54 heavy (non-hydrogen) atoms. The number of carbonyl (C=O) groups excluding carboxylic acids is 6. The summed E-state index contributed by atoms with van der Waals surface area (Å²) in [5, 5.41) is 41.9. The van der Waals surface area contributed by atoms with Crippen LogP contribution in [0, 0.1) is 5.92 Å². The van der Waals surface area contributed by atoms with Gasteiger partial charge in [0.25, 0.3) is 0 Å². The predicted octanol–water partition coefficient (Wildman–Crippen LogP) is -4.23. The minimum atomic E-state index is -1.61. The highest BCUT2D eigenvalue weighted by atomic mass is 16.4. The minimum Gasteiger partial charge on any atom is -0.481 e. The van der Waals surface area contributed by atoms with Gasteiger partial charge in [0.15, 0.2) is 5.96 Å². The zero-order valence-corrected chi connectivity index (χ0v) is 30.2. The Morgan fingerprint density at radius 1 is 0.759 bits per heavy atom. The molecule has 0 unspecified atom stereocenters. The smallest absolute Gasteiger partial charge is 0.328 e. The van der Waals surface area contributed by atoms with Crippen molar-refractivity contribution in [2.24, 2.45) is 28.1 Å². The number of nitrogens with one attached hydrogen (secondary N) is 6. The zero-order valence-electron chi connectivity index (χ0n) is 30.2. The van der Waals surface area contributed by atoms with Gasteiger partial charge in [0.1, 0.15) is 30.2 Å². The van der Waals surface area contributed by atoms with Crippen molar-refractivity contribution in [3.05, 3.63) is 35.9 Å². The second-order valence-corrected chi connectivity index (χ2v) is 12.2. The molecular formula is C33H52N10O11. The number of aliphatic imine (C=N–C) groups is 1. The third-order valence-electron chi connectivity index (χ3n) is 8.01. The zero-order chi connectivity index (χ0) is 40.8. The summed E-state index contributed by atoms with van der Waals surface area (Å²) in [5.41, 5.74) is 16.8. The predicted molar refractivity (Wildman–Crippen MR) is 193 cm³/mol. The number of carboxylic acid groups (broad SMARTS) is 2. The maximum atomic E-state index is 13.8. The van der Waals surface area contributed by atoms with E-state index in [4.69, 9.17) is 27.4 Å². The number of rotatable bonds is 25. The maximum absolute atomic E-state index is 13.8. The Morgan fingerprint density at radius 2 is 1.35 bits per heavy atom. The van der Waals surface area contributed by atoms with Crippen molar-refractivity contribution >= 4 is 53.3 Å². The summed E-state index contributed by atoms with van der Waals surface area (Å²) in [6.07, 6.45) is -0.359. The largest absolute Gasteiger partial charge is 0.481 e. The van der Waals surface area contributed by atoms with Crippen LogP contribution in [0.3, 0.4) is 0 Å². The van der Waals surface area contributed by atoms with Gasteiger partial charge >= 0.3 is 11.9 Å². The van der Waals surface area contributed by atoms with E-state index in [1.165, 1.54) is 0 Å². The van der Waals surface area contributed by atoms with Gasteiger partial charge in [-0.2, -0.15) is 0 Å². The van der Waals surface area contributed by atoms with Gasteiger partial charge in [-0.25, -0.2) is 4.79 Å². The number of hydrogen-bond acceptors (Lipinski definition) is 11. The van der Waals surface area contributed by atoms with Crippen molar-refractivity contribution in [2.45, 2.75) is 82.6 Å². The Bertz CT molecular complexity index is 1470. The molecule has 21 nitrogen and oxygen atoms in total. The number of nitrogens with zero attached hydrogens (tertiary/aromatic N) is 1. The number of aliphatic carboxylic acids is 2. The van der Waals surface area contributed by atoms with Crippen LogP contribution in [-0.4, -0.2) is 125 Å². The first-order valence-electron chi connectivity index (χ1n) is 17.1. The quantitative estimate of drug-likeness (QED) is 0.0255. The molecule has 0 saturated heterocycles. The lowest BCUT2D eigenvalue weighted by Gasteiger charge is -2.29. The van der Waals surface area contributed by atoms with Crippen molar-refractivity contribution in [3.63, 3.8) is 0 Å². The van der Waals surface area contributed by atoms with Crippen molar-refractivity contribution < 1.29 is 53.7 Å². The van der Waals surface area contributed by atoms with E-state index in [0.717, 1.165) is 0 Å². The molecule has 6 amide bonds. The molecule has 21 heteroatoms. The summed E-state index contributed by atoms with van der Waals surface area (Å²) < 4.78 is 0. The van der Waals surface area contributed by atoms with Crippen LogP contribution in [0.1, 0.15) is 51.5 Å². The molecule has 1 rings (SSSR count). The highest BCUT2D eigenvalue weighted by Gasteiger charge is 2.33. The normalized spacial score (nSPS) is 14.0. The lowest BCUT2D eigenvalue weighted by Crippen LogP contribution is -2.60. The van der Waals surface area contributed by atoms with E-state index in [1.54, 1.807) is 44.2 Å². The number of nitrogens with two attached hydrogens (primary N) is 3. The average molecular weight is 765 g/mol. The van der Waals surface area contributed by atoms with Crippen LogP contribution in [0.15, 0.2) is 35.3 Å². The van der Waals surface area contributed by atoms with Gasteiger partial charge in [0.05, 0.1) is 19.7 Å².